The van der Waals surface area contributed by atoms with Gasteiger partial charge < -0.3 is 19.5 Å². The monoisotopic (exact) mass is 410 g/mol. The first-order valence-corrected chi connectivity index (χ1v) is 9.75. The van der Waals surface area contributed by atoms with E-state index in [1.807, 2.05) is 13.8 Å². The first-order valence-electron chi connectivity index (χ1n) is 9.75. The summed E-state index contributed by atoms with van der Waals surface area (Å²) >= 11 is 0. The number of methoxy groups -OCH3 is 2. The van der Waals surface area contributed by atoms with E-state index in [9.17, 15) is 9.59 Å². The lowest BCUT2D eigenvalue weighted by Gasteiger charge is -2.13. The highest BCUT2D eigenvalue weighted by molar-refractivity contribution is 6.36. The number of likely N-dealkylation sites (N-methyl/N-ethyl adjacent to an activating group) is 1. The third-order valence-electron chi connectivity index (χ3n) is 4.62. The molecule has 0 aromatic heterocycles. The molecule has 1 aliphatic rings. The summed E-state index contributed by atoms with van der Waals surface area (Å²) in [4.78, 5) is 27.2. The molecule has 1 aliphatic heterocycles. The quantitative estimate of drug-likeness (QED) is 0.669. The highest BCUT2D eigenvalue weighted by Crippen LogP contribution is 2.33. The van der Waals surface area contributed by atoms with Crippen LogP contribution in [-0.2, 0) is 9.59 Å². The van der Waals surface area contributed by atoms with Crippen LogP contribution < -0.4 is 19.5 Å². The molecule has 3 rings (SSSR count). The summed E-state index contributed by atoms with van der Waals surface area (Å²) in [5.74, 6) is 1.13. The molecule has 1 heterocycles. The molecule has 30 heavy (non-hydrogen) atoms. The molecule has 0 saturated carbocycles. The Bertz CT molecular complexity index is 957. The lowest BCUT2D eigenvalue weighted by molar-refractivity contribution is -0.136. The van der Waals surface area contributed by atoms with E-state index >= 15 is 0 Å². The fourth-order valence-electron chi connectivity index (χ4n) is 3.24. The molecule has 7 nitrogen and oxygen atoms in total. The molecule has 7 heteroatoms. The highest BCUT2D eigenvalue weighted by atomic mass is 16.5. The van der Waals surface area contributed by atoms with Crippen molar-refractivity contribution >= 4 is 23.1 Å². The Hall–Kier alpha value is -3.48. The van der Waals surface area contributed by atoms with E-state index in [1.165, 1.54) is 4.90 Å². The standard InChI is InChI=1S/C23H26N2O5/c1-6-25-22(26)20(15-7-9-17(10-8-15)30-14(2)3)21(23(25)27)24-16-11-18(28-4)13-19(12-16)29-5/h7-14,24H,6H2,1-5H3. The van der Waals surface area contributed by atoms with Gasteiger partial charge in [-0.05, 0) is 38.5 Å². The van der Waals surface area contributed by atoms with Crippen LogP contribution in [0.2, 0.25) is 0 Å². The number of hydrogen-bond donors (Lipinski definition) is 1. The van der Waals surface area contributed by atoms with Gasteiger partial charge in [0.2, 0.25) is 0 Å². The van der Waals surface area contributed by atoms with Crippen LogP contribution in [-0.4, -0.2) is 43.6 Å². The molecular weight excluding hydrogens is 384 g/mol. The second-order valence-corrected chi connectivity index (χ2v) is 7.02. The van der Waals surface area contributed by atoms with Crippen molar-refractivity contribution in [2.75, 3.05) is 26.1 Å². The maximum Gasteiger partial charge on any atom is 0.278 e. The Morgan fingerprint density at radius 3 is 2.00 bits per heavy atom. The topological polar surface area (TPSA) is 77.1 Å². The van der Waals surface area contributed by atoms with Gasteiger partial charge in [-0.3, -0.25) is 14.5 Å². The smallest absolute Gasteiger partial charge is 0.278 e. The van der Waals surface area contributed by atoms with Crippen LogP contribution in [0, 0.1) is 0 Å². The molecule has 0 bridgehead atoms. The number of rotatable bonds is 8. The van der Waals surface area contributed by atoms with Crippen molar-refractivity contribution in [2.45, 2.75) is 26.9 Å². The summed E-state index contributed by atoms with van der Waals surface area (Å²) in [6, 6.07) is 12.4. The van der Waals surface area contributed by atoms with Crippen molar-refractivity contribution in [3.63, 3.8) is 0 Å². The number of ether oxygens (including phenoxy) is 3. The zero-order valence-electron chi connectivity index (χ0n) is 17.8. The van der Waals surface area contributed by atoms with Crippen molar-refractivity contribution < 1.29 is 23.8 Å². The van der Waals surface area contributed by atoms with E-state index in [1.54, 1.807) is 63.6 Å². The molecule has 0 unspecified atom stereocenters. The predicted molar refractivity (Wildman–Crippen MR) is 115 cm³/mol. The van der Waals surface area contributed by atoms with Gasteiger partial charge in [0.05, 0.1) is 25.9 Å². The third kappa shape index (κ3) is 4.25. The Labute approximate surface area is 176 Å². The third-order valence-corrected chi connectivity index (χ3v) is 4.62. The number of nitrogens with one attached hydrogen (secondary N) is 1. The SMILES string of the molecule is CCN1C(=O)C(Nc2cc(OC)cc(OC)c2)=C(c2ccc(OC(C)C)cc2)C1=O. The Kier molecular flexibility index (Phi) is 6.30. The Morgan fingerprint density at radius 2 is 1.50 bits per heavy atom. The van der Waals surface area contributed by atoms with Gasteiger partial charge in [0.25, 0.3) is 11.8 Å². The largest absolute Gasteiger partial charge is 0.497 e. The summed E-state index contributed by atoms with van der Waals surface area (Å²) in [5, 5.41) is 3.11. The molecule has 0 spiro atoms. The van der Waals surface area contributed by atoms with Crippen molar-refractivity contribution in [1.29, 1.82) is 0 Å². The first kappa shape index (κ1) is 21.2. The van der Waals surface area contributed by atoms with Gasteiger partial charge in [-0.25, -0.2) is 0 Å². The van der Waals surface area contributed by atoms with Gasteiger partial charge in [-0.15, -0.1) is 0 Å². The zero-order valence-corrected chi connectivity index (χ0v) is 17.8. The number of amides is 2. The number of anilines is 1. The molecule has 2 aromatic carbocycles. The van der Waals surface area contributed by atoms with Crippen LogP contribution in [0.25, 0.3) is 5.57 Å². The maximum atomic E-state index is 13.0. The van der Waals surface area contributed by atoms with E-state index in [0.717, 1.165) is 0 Å². The minimum atomic E-state index is -0.373. The molecule has 2 aromatic rings. The molecule has 0 aliphatic carbocycles. The maximum absolute atomic E-state index is 13.0. The van der Waals surface area contributed by atoms with Crippen molar-refractivity contribution in [3.05, 3.63) is 53.7 Å². The number of hydrogen-bond acceptors (Lipinski definition) is 6. The molecule has 2 amide bonds. The average Bonchev–Trinajstić information content (AvgIpc) is 2.96. The van der Waals surface area contributed by atoms with E-state index in [4.69, 9.17) is 14.2 Å². The summed E-state index contributed by atoms with van der Waals surface area (Å²) in [6.07, 6.45) is 0.0422. The number of carbonyl (C=O) groups excluding carboxylic acids is 2. The number of imide groups is 1. The van der Waals surface area contributed by atoms with Gasteiger partial charge in [0.1, 0.15) is 22.9 Å². The van der Waals surface area contributed by atoms with Crippen LogP contribution in [0.5, 0.6) is 17.2 Å². The normalized spacial score (nSPS) is 13.9. The molecule has 0 radical (unpaired) electrons. The molecule has 1 N–H and O–H groups in total. The fourth-order valence-corrected chi connectivity index (χ4v) is 3.24. The summed E-state index contributed by atoms with van der Waals surface area (Å²) < 4.78 is 16.3. The fraction of sp³-hybridized carbons (Fsp3) is 0.304. The van der Waals surface area contributed by atoms with Crippen molar-refractivity contribution in [1.82, 2.24) is 4.90 Å². The number of benzene rings is 2. The van der Waals surface area contributed by atoms with Gasteiger partial charge in [-0.1, -0.05) is 12.1 Å². The van der Waals surface area contributed by atoms with E-state index in [0.29, 0.717) is 34.1 Å². The summed E-state index contributed by atoms with van der Waals surface area (Å²) in [5.41, 5.74) is 1.75. The van der Waals surface area contributed by atoms with Crippen LogP contribution in [0.3, 0.4) is 0 Å². The lowest BCUT2D eigenvalue weighted by atomic mass is 10.0. The van der Waals surface area contributed by atoms with E-state index in [2.05, 4.69) is 5.32 Å². The molecule has 0 saturated heterocycles. The first-order chi connectivity index (χ1) is 14.4. The van der Waals surface area contributed by atoms with Crippen LogP contribution >= 0.6 is 0 Å². The summed E-state index contributed by atoms with van der Waals surface area (Å²) in [6.45, 7) is 5.94. The second-order valence-electron chi connectivity index (χ2n) is 7.02. The highest BCUT2D eigenvalue weighted by Gasteiger charge is 2.38. The molecular formula is C23H26N2O5. The minimum absolute atomic E-state index is 0.0422. The average molecular weight is 410 g/mol. The van der Waals surface area contributed by atoms with Crippen molar-refractivity contribution in [2.24, 2.45) is 0 Å². The molecule has 0 atom stereocenters. The van der Waals surface area contributed by atoms with Gasteiger partial charge in [-0.2, -0.15) is 0 Å². The van der Waals surface area contributed by atoms with Gasteiger partial charge in [0, 0.05) is 30.4 Å². The minimum Gasteiger partial charge on any atom is -0.497 e. The molecule has 158 valence electrons. The number of carbonyl (C=O) groups is 2. The zero-order chi connectivity index (χ0) is 21.8. The van der Waals surface area contributed by atoms with Crippen LogP contribution in [0.1, 0.15) is 26.3 Å². The predicted octanol–water partition coefficient (Wildman–Crippen LogP) is 3.70. The van der Waals surface area contributed by atoms with E-state index < -0.39 is 0 Å². The second kappa shape index (κ2) is 8.90. The summed E-state index contributed by atoms with van der Waals surface area (Å²) in [7, 11) is 3.10. The van der Waals surface area contributed by atoms with Crippen LogP contribution in [0.15, 0.2) is 48.2 Å². The Balaban J connectivity index is 2.04. The van der Waals surface area contributed by atoms with E-state index in [-0.39, 0.29) is 30.2 Å². The Morgan fingerprint density at radius 1 is 0.900 bits per heavy atom. The number of nitrogens with zero attached hydrogens (tertiary/aromatic N) is 1. The molecule has 0 fully saturated rings. The van der Waals surface area contributed by atoms with Gasteiger partial charge >= 0.3 is 0 Å². The lowest BCUT2D eigenvalue weighted by Crippen LogP contribution is -2.32. The van der Waals surface area contributed by atoms with Gasteiger partial charge in [0.15, 0.2) is 0 Å². The van der Waals surface area contributed by atoms with Crippen LogP contribution in [0.4, 0.5) is 5.69 Å². The van der Waals surface area contributed by atoms with Crippen molar-refractivity contribution in [3.8, 4) is 17.2 Å².